The third-order valence-electron chi connectivity index (χ3n) is 5.39. The van der Waals surface area contributed by atoms with E-state index in [1.807, 2.05) is 0 Å². The number of nitrogens with zero attached hydrogens (tertiary/aromatic N) is 1. The number of rotatable bonds is 1. The van der Waals surface area contributed by atoms with Crippen LogP contribution >= 0.6 is 0 Å². The van der Waals surface area contributed by atoms with E-state index < -0.39 is 35.5 Å². The van der Waals surface area contributed by atoms with Gasteiger partial charge >= 0.3 is 17.9 Å². The van der Waals surface area contributed by atoms with Crippen molar-refractivity contribution in [2.24, 2.45) is 5.92 Å². The molecule has 28 heavy (non-hydrogen) atoms. The molecule has 1 aromatic heterocycles. The topological polar surface area (TPSA) is 101 Å². The van der Waals surface area contributed by atoms with Gasteiger partial charge in [-0.2, -0.15) is 0 Å². The largest absolute Gasteiger partial charge is 0.458 e. The van der Waals surface area contributed by atoms with Crippen molar-refractivity contribution in [3.8, 4) is 0 Å². The van der Waals surface area contributed by atoms with E-state index >= 15 is 0 Å². The van der Waals surface area contributed by atoms with Crippen molar-refractivity contribution in [1.82, 2.24) is 4.57 Å². The maximum atomic E-state index is 12.8. The van der Waals surface area contributed by atoms with Gasteiger partial charge in [0.1, 0.15) is 6.61 Å². The van der Waals surface area contributed by atoms with Crippen molar-refractivity contribution < 1.29 is 33.4 Å². The third kappa shape index (κ3) is 3.34. The second kappa shape index (κ2) is 7.26. The number of aromatic nitrogens is 1. The number of hydrogen-bond donors (Lipinski definition) is 0. The van der Waals surface area contributed by atoms with Crippen molar-refractivity contribution in [1.29, 1.82) is 0 Å². The molecule has 2 aliphatic rings. The number of ether oxygens (including phenoxy) is 3. The lowest BCUT2D eigenvalue weighted by Crippen LogP contribution is -2.47. The second-order valence-corrected chi connectivity index (χ2v) is 7.28. The first kappa shape index (κ1) is 19.9. The minimum Gasteiger partial charge on any atom is -0.458 e. The van der Waals surface area contributed by atoms with E-state index in [0.29, 0.717) is 16.8 Å². The number of allylic oxidation sites excluding steroid dienone is 1. The van der Waals surface area contributed by atoms with Crippen molar-refractivity contribution in [2.75, 3.05) is 0 Å². The third-order valence-corrected chi connectivity index (χ3v) is 5.39. The number of carbonyl (C=O) groups is 4. The van der Waals surface area contributed by atoms with Crippen LogP contribution in [-0.2, 0) is 35.2 Å². The van der Waals surface area contributed by atoms with E-state index in [2.05, 4.69) is 0 Å². The number of carbonyl (C=O) groups excluding carboxylic acids is 4. The predicted octanol–water partition coefficient (Wildman–Crippen LogP) is 2.47. The molecule has 0 fully saturated rings. The average molecular weight is 389 g/mol. The van der Waals surface area contributed by atoms with Gasteiger partial charge in [0.2, 0.25) is 11.5 Å². The Bertz CT molecular complexity index is 881. The lowest BCUT2D eigenvalue weighted by Gasteiger charge is -2.33. The Balaban J connectivity index is 2.04. The monoisotopic (exact) mass is 389 g/mol. The van der Waals surface area contributed by atoms with Crippen LogP contribution in [0, 0.1) is 5.92 Å². The lowest BCUT2D eigenvalue weighted by atomic mass is 9.85. The Hall–Kier alpha value is -2.90. The molecule has 3 atom stereocenters. The van der Waals surface area contributed by atoms with Crippen LogP contribution in [0.2, 0.25) is 0 Å². The van der Waals surface area contributed by atoms with Crippen molar-refractivity contribution >= 4 is 23.8 Å². The minimum atomic E-state index is -1.57. The molecule has 8 heteroatoms. The molecule has 0 aromatic carbocycles. The molecule has 0 radical (unpaired) electrons. The number of cyclic esters (lactones) is 1. The summed E-state index contributed by atoms with van der Waals surface area (Å²) in [4.78, 5) is 49.4. The first-order valence-corrected chi connectivity index (χ1v) is 9.13. The fourth-order valence-electron chi connectivity index (χ4n) is 3.61. The molecule has 150 valence electrons. The summed E-state index contributed by atoms with van der Waals surface area (Å²) >= 11 is 0. The zero-order valence-electron chi connectivity index (χ0n) is 16.3. The van der Waals surface area contributed by atoms with Crippen LogP contribution in [0.5, 0.6) is 0 Å². The van der Waals surface area contributed by atoms with Gasteiger partial charge in [-0.05, 0) is 26.3 Å². The first-order chi connectivity index (χ1) is 13.2. The van der Waals surface area contributed by atoms with Gasteiger partial charge in [-0.3, -0.25) is 14.2 Å². The van der Waals surface area contributed by atoms with Crippen molar-refractivity contribution in [3.05, 3.63) is 35.2 Å². The SMILES string of the molecule is C/C=C1/C[C@@H](C)[C@@](C)(OC(C)=O)C(=O)OCc2ccn3c2[C@H](CC3=O)OC1=O. The highest BCUT2D eigenvalue weighted by molar-refractivity contribution is 5.91. The molecule has 0 amide bonds. The maximum absolute atomic E-state index is 12.8. The summed E-state index contributed by atoms with van der Waals surface area (Å²) in [5, 5.41) is 0. The van der Waals surface area contributed by atoms with E-state index in [9.17, 15) is 19.2 Å². The van der Waals surface area contributed by atoms with E-state index in [1.54, 1.807) is 32.2 Å². The molecule has 3 heterocycles. The predicted molar refractivity (Wildman–Crippen MR) is 96.0 cm³/mol. The molecule has 0 aliphatic carbocycles. The van der Waals surface area contributed by atoms with E-state index in [-0.39, 0.29) is 25.4 Å². The van der Waals surface area contributed by atoms with Crippen LogP contribution in [0.3, 0.4) is 0 Å². The highest BCUT2D eigenvalue weighted by Gasteiger charge is 2.46. The Kier molecular flexibility index (Phi) is 5.14. The molecule has 1 aromatic rings. The molecule has 3 rings (SSSR count). The fourth-order valence-corrected chi connectivity index (χ4v) is 3.61. The summed E-state index contributed by atoms with van der Waals surface area (Å²) in [5.41, 5.74) is -0.169. The molecular weight excluding hydrogens is 366 g/mol. The zero-order chi connectivity index (χ0) is 20.6. The van der Waals surface area contributed by atoms with Gasteiger partial charge in [-0.25, -0.2) is 9.59 Å². The molecule has 0 N–H and O–H groups in total. The lowest BCUT2D eigenvalue weighted by molar-refractivity contribution is -0.187. The number of esters is 3. The Morgan fingerprint density at radius 1 is 1.32 bits per heavy atom. The van der Waals surface area contributed by atoms with E-state index in [0.717, 1.165) is 0 Å². The Labute approximate surface area is 162 Å². The smallest absolute Gasteiger partial charge is 0.350 e. The summed E-state index contributed by atoms with van der Waals surface area (Å²) in [6.07, 6.45) is 2.62. The van der Waals surface area contributed by atoms with Gasteiger partial charge in [0, 0.05) is 30.2 Å². The number of hydrogen-bond acceptors (Lipinski definition) is 7. The van der Waals surface area contributed by atoms with E-state index in [4.69, 9.17) is 14.2 Å². The van der Waals surface area contributed by atoms with Crippen molar-refractivity contribution in [2.45, 2.75) is 58.8 Å². The summed E-state index contributed by atoms with van der Waals surface area (Å²) in [6, 6.07) is 1.65. The van der Waals surface area contributed by atoms with Crippen molar-refractivity contribution in [3.63, 3.8) is 0 Å². The van der Waals surface area contributed by atoms with E-state index in [1.165, 1.54) is 18.4 Å². The second-order valence-electron chi connectivity index (χ2n) is 7.28. The summed E-state index contributed by atoms with van der Waals surface area (Å²) < 4.78 is 17.8. The zero-order valence-corrected chi connectivity index (χ0v) is 16.3. The fraction of sp³-hybridized carbons (Fsp3) is 0.500. The van der Waals surface area contributed by atoms with Gasteiger partial charge in [0.15, 0.2) is 6.10 Å². The molecule has 0 bridgehead atoms. The summed E-state index contributed by atoms with van der Waals surface area (Å²) in [6.45, 7) is 5.95. The molecule has 0 unspecified atom stereocenters. The van der Waals surface area contributed by atoms with Gasteiger partial charge in [0.05, 0.1) is 12.1 Å². The maximum Gasteiger partial charge on any atom is 0.350 e. The van der Waals surface area contributed by atoms with Crippen LogP contribution in [-0.4, -0.2) is 34.0 Å². The van der Waals surface area contributed by atoms with Crippen LogP contribution in [0.15, 0.2) is 23.9 Å². The summed E-state index contributed by atoms with van der Waals surface area (Å²) in [7, 11) is 0. The molecule has 0 spiro atoms. The molecular formula is C20H23NO7. The van der Waals surface area contributed by atoms with Crippen LogP contribution < -0.4 is 0 Å². The normalized spacial score (nSPS) is 29.4. The standard InChI is InChI=1S/C20H23NO7/c1-5-13-8-11(2)20(4,28-12(3)22)19(25)26-10-14-6-7-21-16(23)9-15(17(14)21)27-18(13)24/h5-7,11,15H,8-10H2,1-4H3/b13-5-/t11-,15+,20-/m1/s1. The average Bonchev–Trinajstić information content (AvgIpc) is 3.17. The Morgan fingerprint density at radius 3 is 2.68 bits per heavy atom. The van der Waals surface area contributed by atoms with Crippen LogP contribution in [0.1, 0.15) is 62.7 Å². The Morgan fingerprint density at radius 2 is 2.04 bits per heavy atom. The summed E-state index contributed by atoms with van der Waals surface area (Å²) in [5.74, 6) is -2.64. The molecule has 8 nitrogen and oxygen atoms in total. The van der Waals surface area contributed by atoms with Gasteiger partial charge < -0.3 is 14.2 Å². The molecule has 0 saturated carbocycles. The minimum absolute atomic E-state index is 0.0422. The van der Waals surface area contributed by atoms with Gasteiger partial charge in [-0.15, -0.1) is 0 Å². The van der Waals surface area contributed by atoms with Crippen LogP contribution in [0.25, 0.3) is 0 Å². The molecule has 0 saturated heterocycles. The van der Waals surface area contributed by atoms with Gasteiger partial charge in [0.25, 0.3) is 0 Å². The molecule has 2 aliphatic heterocycles. The van der Waals surface area contributed by atoms with Crippen LogP contribution in [0.4, 0.5) is 0 Å². The van der Waals surface area contributed by atoms with Gasteiger partial charge in [-0.1, -0.05) is 13.0 Å². The highest BCUT2D eigenvalue weighted by Crippen LogP contribution is 2.36. The highest BCUT2D eigenvalue weighted by atomic mass is 16.6. The quantitative estimate of drug-likeness (QED) is 0.413. The first-order valence-electron chi connectivity index (χ1n) is 9.13.